The molecule has 110 valence electrons. The van der Waals surface area contributed by atoms with Crippen molar-refractivity contribution in [3.63, 3.8) is 0 Å². The van der Waals surface area contributed by atoms with Gasteiger partial charge in [-0.2, -0.15) is 0 Å². The predicted octanol–water partition coefficient (Wildman–Crippen LogP) is 3.13. The highest BCUT2D eigenvalue weighted by Crippen LogP contribution is 2.36. The van der Waals surface area contributed by atoms with Gasteiger partial charge in [0.25, 0.3) is 0 Å². The lowest BCUT2D eigenvalue weighted by Gasteiger charge is -2.13. The first kappa shape index (κ1) is 15.8. The zero-order valence-corrected chi connectivity index (χ0v) is 12.1. The van der Waals surface area contributed by atoms with Crippen molar-refractivity contribution in [2.75, 3.05) is 20.8 Å². The predicted molar refractivity (Wildman–Crippen MR) is 76.0 cm³/mol. The third kappa shape index (κ3) is 3.88. The molecule has 6 nitrogen and oxygen atoms in total. The van der Waals surface area contributed by atoms with E-state index < -0.39 is 4.92 Å². The first-order valence-corrected chi connectivity index (χ1v) is 6.25. The molecule has 0 spiro atoms. The lowest BCUT2D eigenvalue weighted by atomic mass is 10.1. The summed E-state index contributed by atoms with van der Waals surface area (Å²) in [6.45, 7) is 3.98. The summed E-state index contributed by atoms with van der Waals surface area (Å²) in [6, 6.07) is 3.34. The van der Waals surface area contributed by atoms with Gasteiger partial charge in [0.15, 0.2) is 11.5 Å². The summed E-state index contributed by atoms with van der Waals surface area (Å²) in [4.78, 5) is 10.3. The summed E-state index contributed by atoms with van der Waals surface area (Å²) < 4.78 is 16.1. The van der Waals surface area contributed by atoms with Crippen molar-refractivity contribution in [3.8, 4) is 17.2 Å². The number of nitrogens with zero attached hydrogens (tertiary/aromatic N) is 1. The van der Waals surface area contributed by atoms with Gasteiger partial charge in [-0.25, -0.2) is 0 Å². The van der Waals surface area contributed by atoms with Crippen LogP contribution in [0.5, 0.6) is 17.2 Å². The first-order valence-electron chi connectivity index (χ1n) is 6.25. The number of ether oxygens (including phenoxy) is 3. The van der Waals surface area contributed by atoms with E-state index in [-0.39, 0.29) is 5.70 Å². The molecule has 20 heavy (non-hydrogen) atoms. The smallest absolute Gasteiger partial charge is 0.243 e. The van der Waals surface area contributed by atoms with Gasteiger partial charge in [0.05, 0.1) is 25.7 Å². The van der Waals surface area contributed by atoms with Crippen LogP contribution < -0.4 is 14.2 Å². The third-order valence-corrected chi connectivity index (χ3v) is 2.63. The minimum atomic E-state index is -0.451. The first-order chi connectivity index (χ1) is 9.53. The van der Waals surface area contributed by atoms with E-state index in [0.717, 1.165) is 6.42 Å². The Morgan fingerprint density at radius 3 is 2.40 bits per heavy atom. The van der Waals surface area contributed by atoms with Gasteiger partial charge in [0.1, 0.15) is 5.75 Å². The molecule has 0 bridgehead atoms. The van der Waals surface area contributed by atoms with E-state index in [0.29, 0.717) is 29.4 Å². The van der Waals surface area contributed by atoms with E-state index in [1.807, 2.05) is 6.92 Å². The Hall–Kier alpha value is -2.24. The Kier molecular flexibility index (Phi) is 5.83. The fourth-order valence-corrected chi connectivity index (χ4v) is 1.61. The van der Waals surface area contributed by atoms with Crippen molar-refractivity contribution in [3.05, 3.63) is 33.5 Å². The number of rotatable bonds is 7. The van der Waals surface area contributed by atoms with Gasteiger partial charge in [-0.05, 0) is 12.5 Å². The summed E-state index contributed by atoms with van der Waals surface area (Å²) in [5.41, 5.74) is 0.593. The maximum absolute atomic E-state index is 10.7. The Balaban J connectivity index is 3.25. The van der Waals surface area contributed by atoms with E-state index in [9.17, 15) is 10.1 Å². The normalized spacial score (nSPS) is 11.1. The molecular weight excluding hydrogens is 262 g/mol. The summed E-state index contributed by atoms with van der Waals surface area (Å²) in [6.07, 6.45) is 2.30. The van der Waals surface area contributed by atoms with Gasteiger partial charge in [0.2, 0.25) is 5.70 Å². The number of hydrogen-bond donors (Lipinski definition) is 0. The molecule has 0 atom stereocenters. The minimum Gasteiger partial charge on any atom is -0.496 e. The summed E-state index contributed by atoms with van der Waals surface area (Å²) in [5.74, 6) is 1.57. The number of benzene rings is 1. The number of nitro groups is 1. The second-order valence-corrected chi connectivity index (χ2v) is 4.14. The van der Waals surface area contributed by atoms with Crippen LogP contribution in [0.1, 0.15) is 25.8 Å². The van der Waals surface area contributed by atoms with Crippen molar-refractivity contribution >= 4 is 6.08 Å². The van der Waals surface area contributed by atoms with Crippen LogP contribution >= 0.6 is 0 Å². The number of allylic oxidation sites excluding steroid dienone is 1. The molecule has 0 aromatic heterocycles. The molecule has 1 aromatic rings. The Labute approximate surface area is 118 Å². The van der Waals surface area contributed by atoms with Gasteiger partial charge < -0.3 is 14.2 Å². The van der Waals surface area contributed by atoms with Crippen molar-refractivity contribution in [2.24, 2.45) is 0 Å². The van der Waals surface area contributed by atoms with Crippen LogP contribution in [-0.4, -0.2) is 25.7 Å². The molecule has 0 aliphatic rings. The highest BCUT2D eigenvalue weighted by atomic mass is 16.6. The average molecular weight is 281 g/mol. The topological polar surface area (TPSA) is 70.8 Å². The van der Waals surface area contributed by atoms with Gasteiger partial charge in [-0.3, -0.25) is 10.1 Å². The second kappa shape index (κ2) is 7.37. The molecule has 1 rings (SSSR count). The van der Waals surface area contributed by atoms with Gasteiger partial charge >= 0.3 is 0 Å². The number of hydrogen-bond acceptors (Lipinski definition) is 5. The summed E-state index contributed by atoms with van der Waals surface area (Å²) in [5, 5.41) is 10.7. The van der Waals surface area contributed by atoms with Crippen LogP contribution in [-0.2, 0) is 0 Å². The molecule has 0 saturated heterocycles. The van der Waals surface area contributed by atoms with Crippen molar-refractivity contribution < 1.29 is 19.1 Å². The Morgan fingerprint density at radius 2 is 1.90 bits per heavy atom. The molecule has 0 aliphatic carbocycles. The average Bonchev–Trinajstić information content (AvgIpc) is 2.44. The fourth-order valence-electron chi connectivity index (χ4n) is 1.61. The molecule has 0 unspecified atom stereocenters. The largest absolute Gasteiger partial charge is 0.496 e. The van der Waals surface area contributed by atoms with Crippen LogP contribution in [0, 0.1) is 10.1 Å². The van der Waals surface area contributed by atoms with E-state index >= 15 is 0 Å². The lowest BCUT2D eigenvalue weighted by Crippen LogP contribution is -2.00. The molecule has 0 aliphatic heterocycles. The Bertz CT molecular complexity index is 511. The van der Waals surface area contributed by atoms with Gasteiger partial charge in [-0.15, -0.1) is 0 Å². The van der Waals surface area contributed by atoms with Crippen molar-refractivity contribution in [1.29, 1.82) is 0 Å². The van der Waals surface area contributed by atoms with Crippen molar-refractivity contribution in [1.82, 2.24) is 0 Å². The lowest BCUT2D eigenvalue weighted by molar-refractivity contribution is -0.422. The standard InChI is InChI=1S/C14H19NO5/c1-5-6-20-14-9-12(18-3)11(8-13(14)19-4)7-10(2)15(16)17/h7-9H,5-6H2,1-4H3/b10-7-. The van der Waals surface area contributed by atoms with Crippen LogP contribution in [0.25, 0.3) is 6.08 Å². The van der Waals surface area contributed by atoms with Crippen LogP contribution in [0.2, 0.25) is 0 Å². The molecule has 6 heteroatoms. The third-order valence-electron chi connectivity index (χ3n) is 2.63. The van der Waals surface area contributed by atoms with E-state index in [1.165, 1.54) is 27.2 Å². The molecule has 1 aromatic carbocycles. The molecule has 0 fully saturated rings. The van der Waals surface area contributed by atoms with E-state index in [4.69, 9.17) is 14.2 Å². The summed E-state index contributed by atoms with van der Waals surface area (Å²) in [7, 11) is 3.03. The fraction of sp³-hybridized carbons (Fsp3) is 0.429. The SMILES string of the molecule is CCCOc1cc(OC)c(/C=C(/C)[N+](=O)[O-])cc1OC. The quantitative estimate of drug-likeness (QED) is 0.567. The van der Waals surface area contributed by atoms with Crippen molar-refractivity contribution in [2.45, 2.75) is 20.3 Å². The monoisotopic (exact) mass is 281 g/mol. The minimum absolute atomic E-state index is 0.0209. The maximum atomic E-state index is 10.7. The Morgan fingerprint density at radius 1 is 1.25 bits per heavy atom. The second-order valence-electron chi connectivity index (χ2n) is 4.14. The van der Waals surface area contributed by atoms with E-state index in [2.05, 4.69) is 0 Å². The highest BCUT2D eigenvalue weighted by Gasteiger charge is 2.13. The number of methoxy groups -OCH3 is 2. The van der Waals surface area contributed by atoms with Gasteiger partial charge in [-0.1, -0.05) is 6.92 Å². The molecule has 0 radical (unpaired) electrons. The summed E-state index contributed by atoms with van der Waals surface area (Å²) >= 11 is 0. The zero-order chi connectivity index (χ0) is 15.1. The van der Waals surface area contributed by atoms with Crippen LogP contribution in [0.3, 0.4) is 0 Å². The van der Waals surface area contributed by atoms with Gasteiger partial charge in [0, 0.05) is 24.6 Å². The molecular formula is C14H19NO5. The van der Waals surface area contributed by atoms with Crippen LogP contribution in [0.15, 0.2) is 17.8 Å². The van der Waals surface area contributed by atoms with Crippen LogP contribution in [0.4, 0.5) is 0 Å². The molecule has 0 heterocycles. The molecule has 0 N–H and O–H groups in total. The van der Waals surface area contributed by atoms with E-state index in [1.54, 1.807) is 12.1 Å². The molecule has 0 saturated carbocycles. The zero-order valence-electron chi connectivity index (χ0n) is 12.1. The molecule has 0 amide bonds. The maximum Gasteiger partial charge on any atom is 0.243 e. The highest BCUT2D eigenvalue weighted by molar-refractivity contribution is 5.64.